The highest BCUT2D eigenvalue weighted by Gasteiger charge is 2.26. The average Bonchev–Trinajstić information content (AvgIpc) is 3.11. The van der Waals surface area contributed by atoms with E-state index in [1.807, 2.05) is 35.4 Å². The molecule has 2 heterocycles. The van der Waals surface area contributed by atoms with E-state index in [0.29, 0.717) is 13.1 Å². The number of fused-ring (bicyclic) bond motifs is 1. The molecular formula is C20H21FN4OS. The first kappa shape index (κ1) is 17.9. The van der Waals surface area contributed by atoms with Gasteiger partial charge in [0, 0.05) is 29.6 Å². The van der Waals surface area contributed by atoms with E-state index in [1.165, 1.54) is 12.1 Å². The van der Waals surface area contributed by atoms with Crippen molar-refractivity contribution in [2.75, 3.05) is 24.7 Å². The SMILES string of the molecule is CSc1cccc(NC(=O)N2CCC(c3nc4ccc(F)cc4[nH]3)CC2)c1. The number of hydrogen-bond acceptors (Lipinski definition) is 3. The predicted octanol–water partition coefficient (Wildman–Crippen LogP) is 4.84. The van der Waals surface area contributed by atoms with Crippen LogP contribution in [-0.4, -0.2) is 40.2 Å². The Morgan fingerprint density at radius 2 is 2.07 bits per heavy atom. The Balaban J connectivity index is 1.38. The summed E-state index contributed by atoms with van der Waals surface area (Å²) in [6.45, 7) is 1.34. The number of likely N-dealkylation sites (tertiary alicyclic amines) is 1. The number of imidazole rings is 1. The van der Waals surface area contributed by atoms with E-state index in [1.54, 1.807) is 17.8 Å². The molecular weight excluding hydrogens is 363 g/mol. The number of anilines is 1. The molecule has 1 aliphatic heterocycles. The van der Waals surface area contributed by atoms with E-state index in [-0.39, 0.29) is 17.8 Å². The van der Waals surface area contributed by atoms with Gasteiger partial charge in [0.05, 0.1) is 11.0 Å². The molecule has 0 saturated carbocycles. The Kier molecular flexibility index (Phi) is 5.03. The second-order valence-electron chi connectivity index (χ2n) is 6.71. The van der Waals surface area contributed by atoms with E-state index in [9.17, 15) is 9.18 Å². The number of thioether (sulfide) groups is 1. The van der Waals surface area contributed by atoms with Gasteiger partial charge in [-0.25, -0.2) is 14.2 Å². The van der Waals surface area contributed by atoms with Crippen LogP contribution in [0.3, 0.4) is 0 Å². The molecule has 0 spiro atoms. The second kappa shape index (κ2) is 7.60. The van der Waals surface area contributed by atoms with Crippen LogP contribution in [0.15, 0.2) is 47.4 Å². The van der Waals surface area contributed by atoms with Gasteiger partial charge in [0.25, 0.3) is 0 Å². The number of halogens is 1. The van der Waals surface area contributed by atoms with Crippen LogP contribution in [0, 0.1) is 5.82 Å². The van der Waals surface area contributed by atoms with E-state index < -0.39 is 0 Å². The zero-order valence-electron chi connectivity index (χ0n) is 15.0. The Morgan fingerprint density at radius 1 is 1.26 bits per heavy atom. The summed E-state index contributed by atoms with van der Waals surface area (Å²) in [4.78, 5) is 23.3. The first-order chi connectivity index (χ1) is 13.1. The molecule has 2 N–H and O–H groups in total. The number of hydrogen-bond donors (Lipinski definition) is 2. The molecule has 3 aromatic rings. The molecule has 140 valence electrons. The minimum atomic E-state index is -0.269. The number of H-pyrrole nitrogens is 1. The lowest BCUT2D eigenvalue weighted by Crippen LogP contribution is -2.40. The van der Waals surface area contributed by atoms with Gasteiger partial charge in [-0.1, -0.05) is 6.07 Å². The third-order valence-corrected chi connectivity index (χ3v) is 5.68. The number of rotatable bonds is 3. The quantitative estimate of drug-likeness (QED) is 0.636. The Bertz CT molecular complexity index is 966. The van der Waals surface area contributed by atoms with Crippen LogP contribution in [0.4, 0.5) is 14.9 Å². The first-order valence-corrected chi connectivity index (χ1v) is 10.2. The van der Waals surface area contributed by atoms with Crippen LogP contribution in [0.1, 0.15) is 24.6 Å². The second-order valence-corrected chi connectivity index (χ2v) is 7.59. The van der Waals surface area contributed by atoms with Crippen molar-refractivity contribution in [2.24, 2.45) is 0 Å². The highest BCUT2D eigenvalue weighted by molar-refractivity contribution is 7.98. The van der Waals surface area contributed by atoms with Crippen molar-refractivity contribution in [1.29, 1.82) is 0 Å². The van der Waals surface area contributed by atoms with Crippen molar-refractivity contribution < 1.29 is 9.18 Å². The summed E-state index contributed by atoms with van der Waals surface area (Å²) < 4.78 is 13.4. The summed E-state index contributed by atoms with van der Waals surface area (Å²) >= 11 is 1.65. The zero-order valence-corrected chi connectivity index (χ0v) is 15.9. The molecule has 5 nitrogen and oxygen atoms in total. The van der Waals surface area contributed by atoms with Crippen LogP contribution in [-0.2, 0) is 0 Å². The van der Waals surface area contributed by atoms with Gasteiger partial charge in [-0.3, -0.25) is 0 Å². The summed E-state index contributed by atoms with van der Waals surface area (Å²) in [5, 5.41) is 2.98. The number of amides is 2. The lowest BCUT2D eigenvalue weighted by molar-refractivity contribution is 0.193. The van der Waals surface area contributed by atoms with Crippen molar-refractivity contribution in [3.05, 3.63) is 54.1 Å². The number of carbonyl (C=O) groups excluding carboxylic acids is 1. The van der Waals surface area contributed by atoms with Crippen LogP contribution in [0.2, 0.25) is 0 Å². The Morgan fingerprint density at radius 3 is 2.85 bits per heavy atom. The zero-order chi connectivity index (χ0) is 18.8. The number of piperidine rings is 1. The van der Waals surface area contributed by atoms with Crippen LogP contribution < -0.4 is 5.32 Å². The van der Waals surface area contributed by atoms with Gasteiger partial charge < -0.3 is 15.2 Å². The fraction of sp³-hybridized carbons (Fsp3) is 0.300. The van der Waals surface area contributed by atoms with Crippen LogP contribution in [0.5, 0.6) is 0 Å². The van der Waals surface area contributed by atoms with Crippen molar-refractivity contribution in [1.82, 2.24) is 14.9 Å². The number of aromatic nitrogens is 2. The fourth-order valence-corrected chi connectivity index (χ4v) is 3.91. The van der Waals surface area contributed by atoms with Gasteiger partial charge in [-0.15, -0.1) is 11.8 Å². The third-order valence-electron chi connectivity index (χ3n) is 4.95. The molecule has 0 aliphatic carbocycles. The van der Waals surface area contributed by atoms with Gasteiger partial charge >= 0.3 is 6.03 Å². The third kappa shape index (κ3) is 3.93. The summed E-state index contributed by atoms with van der Waals surface area (Å²) in [5.74, 6) is 0.863. The molecule has 0 unspecified atom stereocenters. The summed E-state index contributed by atoms with van der Waals surface area (Å²) in [7, 11) is 0. The lowest BCUT2D eigenvalue weighted by Gasteiger charge is -2.31. The maximum Gasteiger partial charge on any atom is 0.321 e. The molecule has 1 saturated heterocycles. The number of aromatic amines is 1. The molecule has 7 heteroatoms. The molecule has 27 heavy (non-hydrogen) atoms. The lowest BCUT2D eigenvalue weighted by atomic mass is 9.96. The maximum absolute atomic E-state index is 13.4. The van der Waals surface area contributed by atoms with Gasteiger partial charge in [-0.2, -0.15) is 0 Å². The molecule has 2 aromatic carbocycles. The van der Waals surface area contributed by atoms with E-state index in [2.05, 4.69) is 15.3 Å². The van der Waals surface area contributed by atoms with Crippen molar-refractivity contribution >= 4 is 34.5 Å². The Hall–Kier alpha value is -2.54. The van der Waals surface area contributed by atoms with Crippen LogP contribution in [0.25, 0.3) is 11.0 Å². The molecule has 1 aromatic heterocycles. The minimum Gasteiger partial charge on any atom is -0.342 e. The van der Waals surface area contributed by atoms with Crippen molar-refractivity contribution in [2.45, 2.75) is 23.7 Å². The molecule has 0 radical (unpaired) electrons. The minimum absolute atomic E-state index is 0.0709. The van der Waals surface area contributed by atoms with Crippen molar-refractivity contribution in [3.63, 3.8) is 0 Å². The molecule has 4 rings (SSSR count). The monoisotopic (exact) mass is 384 g/mol. The van der Waals surface area contributed by atoms with Crippen LogP contribution >= 0.6 is 11.8 Å². The fourth-order valence-electron chi connectivity index (χ4n) is 3.45. The summed E-state index contributed by atoms with van der Waals surface area (Å²) in [6.07, 6.45) is 3.68. The Labute approximate surface area is 161 Å². The summed E-state index contributed by atoms with van der Waals surface area (Å²) in [6, 6.07) is 12.3. The number of nitrogens with one attached hydrogen (secondary N) is 2. The van der Waals surface area contributed by atoms with Crippen molar-refractivity contribution in [3.8, 4) is 0 Å². The molecule has 1 fully saturated rings. The van der Waals surface area contributed by atoms with E-state index in [4.69, 9.17) is 0 Å². The van der Waals surface area contributed by atoms with Gasteiger partial charge in [-0.05, 0) is 55.5 Å². The number of benzene rings is 2. The normalized spacial score (nSPS) is 15.3. The van der Waals surface area contributed by atoms with Gasteiger partial charge in [0.2, 0.25) is 0 Å². The number of urea groups is 1. The number of nitrogens with zero attached hydrogens (tertiary/aromatic N) is 2. The van der Waals surface area contributed by atoms with E-state index >= 15 is 0 Å². The number of carbonyl (C=O) groups is 1. The average molecular weight is 384 g/mol. The van der Waals surface area contributed by atoms with Gasteiger partial charge in [0.1, 0.15) is 11.6 Å². The maximum atomic E-state index is 13.4. The van der Waals surface area contributed by atoms with E-state index in [0.717, 1.165) is 40.3 Å². The largest absolute Gasteiger partial charge is 0.342 e. The molecule has 0 bridgehead atoms. The standard InChI is InChI=1S/C20H21FN4OS/c1-27-16-4-2-3-15(12-16)22-20(26)25-9-7-13(8-10-25)19-23-17-6-5-14(21)11-18(17)24-19/h2-6,11-13H,7-10H2,1H3,(H,22,26)(H,23,24). The highest BCUT2D eigenvalue weighted by atomic mass is 32.2. The first-order valence-electron chi connectivity index (χ1n) is 8.97. The summed E-state index contributed by atoms with van der Waals surface area (Å²) in [5.41, 5.74) is 2.31. The smallest absolute Gasteiger partial charge is 0.321 e. The molecule has 1 aliphatic rings. The highest BCUT2D eigenvalue weighted by Crippen LogP contribution is 2.28. The predicted molar refractivity (Wildman–Crippen MR) is 107 cm³/mol. The van der Waals surface area contributed by atoms with Gasteiger partial charge in [0.15, 0.2) is 0 Å². The molecule has 0 atom stereocenters. The molecule has 2 amide bonds. The topological polar surface area (TPSA) is 61.0 Å².